The zero-order valence-electron chi connectivity index (χ0n) is 8.64. The van der Waals surface area contributed by atoms with Gasteiger partial charge >= 0.3 is 16.1 Å². The van der Waals surface area contributed by atoms with Gasteiger partial charge < -0.3 is 8.92 Å². The van der Waals surface area contributed by atoms with Gasteiger partial charge in [-0.1, -0.05) is 0 Å². The summed E-state index contributed by atoms with van der Waals surface area (Å²) in [4.78, 5) is 13.0. The maximum Gasteiger partial charge on any atom is 0.336 e. The molecular weight excluding hydrogens is 222 g/mol. The van der Waals surface area contributed by atoms with E-state index in [0.717, 1.165) is 0 Å². The average Bonchev–Trinajstić information content (AvgIpc) is 2.18. The molecule has 0 aromatic carbocycles. The van der Waals surface area contributed by atoms with Crippen molar-refractivity contribution in [2.75, 3.05) is 38.6 Å². The molecule has 0 amide bonds. The number of rotatable bonds is 4. The lowest BCUT2D eigenvalue weighted by molar-refractivity contribution is -0.136. The predicted molar refractivity (Wildman–Crippen MR) is 52.8 cm³/mol. The van der Waals surface area contributed by atoms with E-state index in [1.165, 1.54) is 6.92 Å². The highest BCUT2D eigenvalue weighted by Crippen LogP contribution is 1.99. The van der Waals surface area contributed by atoms with Crippen LogP contribution in [0.2, 0.25) is 0 Å². The molecule has 0 saturated carbocycles. The minimum Gasteiger partial charge on any atom is -0.379 e. The predicted octanol–water partition coefficient (Wildman–Crippen LogP) is -0.788. The smallest absolute Gasteiger partial charge is 0.336 e. The van der Waals surface area contributed by atoms with Gasteiger partial charge in [-0.25, -0.2) is 4.79 Å². The Morgan fingerprint density at radius 1 is 1.40 bits per heavy atom. The lowest BCUT2D eigenvalue weighted by atomic mass is 10.4. The first-order valence-electron chi connectivity index (χ1n) is 4.78. The minimum atomic E-state index is -3.68. The Morgan fingerprint density at radius 2 is 2.00 bits per heavy atom. The first-order chi connectivity index (χ1) is 7.03. The fourth-order valence-electron chi connectivity index (χ4n) is 1.17. The molecule has 0 aromatic heterocycles. The quantitative estimate of drug-likeness (QED) is 0.597. The second kappa shape index (κ2) is 5.43. The van der Waals surface area contributed by atoms with E-state index in [-0.39, 0.29) is 12.3 Å². The first-order valence-corrected chi connectivity index (χ1v) is 6.36. The molecule has 88 valence electrons. The van der Waals surface area contributed by atoms with Crippen LogP contribution in [-0.2, 0) is 23.8 Å². The molecule has 0 bridgehead atoms. The van der Waals surface area contributed by atoms with Gasteiger partial charge in [0.2, 0.25) is 0 Å². The van der Waals surface area contributed by atoms with Crippen molar-refractivity contribution in [2.24, 2.45) is 0 Å². The summed E-state index contributed by atoms with van der Waals surface area (Å²) in [5.41, 5.74) is 0. The van der Waals surface area contributed by atoms with Gasteiger partial charge in [0, 0.05) is 13.1 Å². The normalized spacial score (nSPS) is 18.7. The number of nitrogens with zero attached hydrogens (tertiary/aromatic N) is 1. The number of hydrogen-bond donors (Lipinski definition) is 0. The Morgan fingerprint density at radius 3 is 2.53 bits per heavy atom. The van der Waals surface area contributed by atoms with E-state index >= 15 is 0 Å². The van der Waals surface area contributed by atoms with Crippen molar-refractivity contribution in [3.63, 3.8) is 0 Å². The molecule has 1 rings (SSSR count). The fourth-order valence-corrected chi connectivity index (χ4v) is 1.62. The highest BCUT2D eigenvalue weighted by atomic mass is 32.2. The van der Waals surface area contributed by atoms with E-state index in [4.69, 9.17) is 4.74 Å². The fraction of sp³-hybridized carbons (Fsp3) is 0.875. The van der Waals surface area contributed by atoms with E-state index in [2.05, 4.69) is 4.18 Å². The highest BCUT2D eigenvalue weighted by molar-refractivity contribution is 7.87. The van der Waals surface area contributed by atoms with Crippen molar-refractivity contribution in [1.29, 1.82) is 0 Å². The molecule has 1 aliphatic rings. The third-order valence-electron chi connectivity index (χ3n) is 2.03. The maximum absolute atomic E-state index is 11.2. The van der Waals surface area contributed by atoms with Crippen molar-refractivity contribution in [1.82, 2.24) is 4.90 Å². The molecule has 0 spiro atoms. The van der Waals surface area contributed by atoms with Crippen LogP contribution in [0.25, 0.3) is 0 Å². The largest absolute Gasteiger partial charge is 0.379 e. The van der Waals surface area contributed by atoms with Crippen LogP contribution < -0.4 is 0 Å². The molecule has 0 N–H and O–H groups in total. The van der Waals surface area contributed by atoms with Gasteiger partial charge in [-0.05, 0) is 6.92 Å². The van der Waals surface area contributed by atoms with Gasteiger partial charge in [-0.15, -0.1) is 0 Å². The van der Waals surface area contributed by atoms with Crippen molar-refractivity contribution in [3.8, 4) is 0 Å². The Bertz CT molecular complexity index is 307. The zero-order chi connectivity index (χ0) is 11.3. The van der Waals surface area contributed by atoms with E-state index < -0.39 is 16.1 Å². The van der Waals surface area contributed by atoms with Gasteiger partial charge in [-0.2, -0.15) is 8.42 Å². The zero-order valence-corrected chi connectivity index (χ0v) is 9.46. The Hall–Kier alpha value is -0.660. The molecule has 6 nitrogen and oxygen atoms in total. The summed E-state index contributed by atoms with van der Waals surface area (Å²) in [5.74, 6) is -0.916. The van der Waals surface area contributed by atoms with Crippen molar-refractivity contribution in [2.45, 2.75) is 6.92 Å². The number of hydrogen-bond acceptors (Lipinski definition) is 6. The summed E-state index contributed by atoms with van der Waals surface area (Å²) < 4.78 is 31.4. The van der Waals surface area contributed by atoms with Crippen molar-refractivity contribution < 1.29 is 22.1 Å². The summed E-state index contributed by atoms with van der Waals surface area (Å²) in [6, 6.07) is 0. The van der Waals surface area contributed by atoms with Crippen LogP contribution in [0.3, 0.4) is 0 Å². The number of ether oxygens (including phenoxy) is 1. The van der Waals surface area contributed by atoms with Gasteiger partial charge in [0.15, 0.2) is 0 Å². The molecule has 1 fully saturated rings. The van der Waals surface area contributed by atoms with Gasteiger partial charge in [0.05, 0.1) is 25.5 Å². The topological polar surface area (TPSA) is 72.9 Å². The first kappa shape index (κ1) is 12.4. The SMILES string of the molecule is CCS(=O)(=O)OC(=O)CN1CCOCC1. The lowest BCUT2D eigenvalue weighted by Crippen LogP contribution is -2.40. The molecule has 1 heterocycles. The summed E-state index contributed by atoms with van der Waals surface area (Å²) in [7, 11) is -3.68. The summed E-state index contributed by atoms with van der Waals surface area (Å²) in [5, 5.41) is 0. The third kappa shape index (κ3) is 4.59. The third-order valence-corrected chi connectivity index (χ3v) is 3.18. The summed E-state index contributed by atoms with van der Waals surface area (Å²) in [6.45, 7) is 3.81. The Kier molecular flexibility index (Phi) is 4.49. The van der Waals surface area contributed by atoms with Crippen molar-refractivity contribution in [3.05, 3.63) is 0 Å². The number of morpholine rings is 1. The number of carbonyl (C=O) groups is 1. The molecule has 0 aliphatic carbocycles. The van der Waals surface area contributed by atoms with Crippen LogP contribution in [0.1, 0.15) is 6.92 Å². The molecule has 0 atom stereocenters. The van der Waals surface area contributed by atoms with Crippen molar-refractivity contribution >= 4 is 16.1 Å². The molecule has 7 heteroatoms. The van der Waals surface area contributed by atoms with E-state index in [0.29, 0.717) is 26.3 Å². The summed E-state index contributed by atoms with van der Waals surface area (Å²) in [6.07, 6.45) is 0. The molecule has 0 aromatic rings. The summed E-state index contributed by atoms with van der Waals surface area (Å²) >= 11 is 0. The van der Waals surface area contributed by atoms with E-state index in [1.807, 2.05) is 0 Å². The molecule has 0 unspecified atom stereocenters. The van der Waals surface area contributed by atoms with Crippen LogP contribution >= 0.6 is 0 Å². The molecule has 0 radical (unpaired) electrons. The Balaban J connectivity index is 2.35. The van der Waals surface area contributed by atoms with Gasteiger partial charge in [-0.3, -0.25) is 4.90 Å². The lowest BCUT2D eigenvalue weighted by Gasteiger charge is -2.25. The number of carbonyl (C=O) groups excluding carboxylic acids is 1. The average molecular weight is 237 g/mol. The van der Waals surface area contributed by atoms with Crippen LogP contribution in [0.5, 0.6) is 0 Å². The van der Waals surface area contributed by atoms with E-state index in [9.17, 15) is 13.2 Å². The molecular formula is C8H15NO5S. The van der Waals surface area contributed by atoms with Crippen LogP contribution in [0.15, 0.2) is 0 Å². The standard InChI is InChI=1S/C8H15NO5S/c1-2-15(11,12)14-8(10)7-9-3-5-13-6-4-9/h2-7H2,1H3. The molecule has 15 heavy (non-hydrogen) atoms. The van der Waals surface area contributed by atoms with Crippen LogP contribution in [0, 0.1) is 0 Å². The van der Waals surface area contributed by atoms with Gasteiger partial charge in [0.1, 0.15) is 0 Å². The monoisotopic (exact) mass is 237 g/mol. The van der Waals surface area contributed by atoms with E-state index in [1.54, 1.807) is 4.90 Å². The second-order valence-electron chi connectivity index (χ2n) is 3.19. The van der Waals surface area contributed by atoms with Crippen LogP contribution in [-0.4, -0.2) is 57.9 Å². The van der Waals surface area contributed by atoms with Gasteiger partial charge in [0.25, 0.3) is 0 Å². The molecule has 1 aliphatic heterocycles. The maximum atomic E-state index is 11.2. The molecule has 1 saturated heterocycles. The highest BCUT2D eigenvalue weighted by Gasteiger charge is 2.19. The van der Waals surface area contributed by atoms with Crippen LogP contribution in [0.4, 0.5) is 0 Å². The minimum absolute atomic E-state index is 0.00257. The second-order valence-corrected chi connectivity index (χ2v) is 5.05. The Labute approximate surface area is 89.3 Å².